The van der Waals surface area contributed by atoms with Crippen molar-refractivity contribution in [2.24, 2.45) is 0 Å². The second-order valence-electron chi connectivity index (χ2n) is 6.36. The Morgan fingerprint density at radius 1 is 1.15 bits per heavy atom. The van der Waals surface area contributed by atoms with Crippen molar-refractivity contribution in [1.29, 1.82) is 0 Å². The summed E-state index contributed by atoms with van der Waals surface area (Å²) in [6.45, 7) is 9.21. The van der Waals surface area contributed by atoms with E-state index >= 15 is 0 Å². The standard InChI is InChI=1S/C17H29N5O4/c1-5-11(3)24-7-13(8-25-12(4)6-2)26-10-22-9-19-14-15(22)20-17(18)21-16(14)23/h9,11-13H,5-8,10H2,1-4H3,(H3,18,20,21,23). The van der Waals surface area contributed by atoms with Gasteiger partial charge in [-0.3, -0.25) is 14.3 Å². The third kappa shape index (κ3) is 5.52. The smallest absolute Gasteiger partial charge is 0.280 e. The summed E-state index contributed by atoms with van der Waals surface area (Å²) in [4.78, 5) is 22.5. The first-order valence-electron chi connectivity index (χ1n) is 8.99. The molecular formula is C17H29N5O4. The lowest BCUT2D eigenvalue weighted by atomic mass is 10.3. The van der Waals surface area contributed by atoms with E-state index in [4.69, 9.17) is 19.9 Å². The van der Waals surface area contributed by atoms with Crippen molar-refractivity contribution in [3.8, 4) is 0 Å². The summed E-state index contributed by atoms with van der Waals surface area (Å²) in [6.07, 6.45) is 3.43. The Kier molecular flexibility index (Phi) is 7.55. The van der Waals surface area contributed by atoms with Crippen molar-refractivity contribution in [3.05, 3.63) is 16.7 Å². The van der Waals surface area contributed by atoms with Crippen LogP contribution in [0.1, 0.15) is 40.5 Å². The van der Waals surface area contributed by atoms with Crippen molar-refractivity contribution in [2.75, 3.05) is 18.9 Å². The average Bonchev–Trinajstić information content (AvgIpc) is 3.03. The maximum atomic E-state index is 11.8. The van der Waals surface area contributed by atoms with Gasteiger partial charge in [-0.2, -0.15) is 4.98 Å². The zero-order valence-electron chi connectivity index (χ0n) is 15.9. The van der Waals surface area contributed by atoms with Crippen LogP contribution in [-0.4, -0.2) is 51.0 Å². The number of nitrogen functional groups attached to an aromatic ring is 1. The fraction of sp³-hybridized carbons (Fsp3) is 0.706. The van der Waals surface area contributed by atoms with Crippen LogP contribution in [0.15, 0.2) is 11.1 Å². The Morgan fingerprint density at radius 2 is 1.77 bits per heavy atom. The number of anilines is 1. The Morgan fingerprint density at radius 3 is 2.35 bits per heavy atom. The third-order valence-electron chi connectivity index (χ3n) is 4.23. The van der Waals surface area contributed by atoms with Gasteiger partial charge in [0.15, 0.2) is 11.2 Å². The number of hydrogen-bond acceptors (Lipinski definition) is 7. The summed E-state index contributed by atoms with van der Waals surface area (Å²) in [7, 11) is 0. The molecule has 0 bridgehead atoms. The van der Waals surface area contributed by atoms with Crippen molar-refractivity contribution < 1.29 is 14.2 Å². The molecule has 9 nitrogen and oxygen atoms in total. The first-order valence-corrected chi connectivity index (χ1v) is 8.99. The highest BCUT2D eigenvalue weighted by Gasteiger charge is 2.16. The topological polar surface area (TPSA) is 117 Å². The van der Waals surface area contributed by atoms with Gasteiger partial charge < -0.3 is 19.9 Å². The SMILES string of the molecule is CCC(C)OCC(COC(C)CC)OCn1cnc2c(=O)[nH]c(N)nc21. The Bertz CT molecular complexity index is 730. The minimum Gasteiger partial charge on any atom is -0.376 e. The zero-order chi connectivity index (χ0) is 19.1. The van der Waals surface area contributed by atoms with Crippen LogP contribution in [0, 0.1) is 0 Å². The van der Waals surface area contributed by atoms with Gasteiger partial charge in [0.05, 0.1) is 31.7 Å². The largest absolute Gasteiger partial charge is 0.376 e. The Balaban J connectivity index is 2.04. The van der Waals surface area contributed by atoms with E-state index in [1.165, 1.54) is 6.33 Å². The molecule has 2 heterocycles. The molecule has 0 saturated heterocycles. The summed E-state index contributed by atoms with van der Waals surface area (Å²) in [5.41, 5.74) is 5.85. The molecule has 2 aromatic heterocycles. The van der Waals surface area contributed by atoms with Crippen LogP contribution >= 0.6 is 0 Å². The third-order valence-corrected chi connectivity index (χ3v) is 4.23. The maximum Gasteiger partial charge on any atom is 0.280 e. The Hall–Kier alpha value is -1.97. The predicted octanol–water partition coefficient (Wildman–Crippen LogP) is 1.67. The van der Waals surface area contributed by atoms with Crippen LogP contribution in [0.5, 0.6) is 0 Å². The van der Waals surface area contributed by atoms with Crippen LogP contribution in [0.4, 0.5) is 5.95 Å². The molecule has 2 unspecified atom stereocenters. The molecule has 2 rings (SSSR count). The predicted molar refractivity (Wildman–Crippen MR) is 98.8 cm³/mol. The lowest BCUT2D eigenvalue weighted by Gasteiger charge is -2.22. The number of H-pyrrole nitrogens is 1. The van der Waals surface area contributed by atoms with Gasteiger partial charge in [-0.1, -0.05) is 13.8 Å². The second-order valence-corrected chi connectivity index (χ2v) is 6.36. The number of fused-ring (bicyclic) bond motifs is 1. The van der Waals surface area contributed by atoms with Crippen LogP contribution < -0.4 is 11.3 Å². The molecule has 0 aromatic carbocycles. The summed E-state index contributed by atoms with van der Waals surface area (Å²) in [5.74, 6) is 0.0426. The highest BCUT2D eigenvalue weighted by Crippen LogP contribution is 2.09. The number of aromatic nitrogens is 4. The van der Waals surface area contributed by atoms with Gasteiger partial charge in [-0.05, 0) is 26.7 Å². The zero-order valence-corrected chi connectivity index (χ0v) is 15.9. The molecule has 9 heteroatoms. The number of hydrogen-bond donors (Lipinski definition) is 2. The lowest BCUT2D eigenvalue weighted by Crippen LogP contribution is -2.30. The number of rotatable bonds is 11. The van der Waals surface area contributed by atoms with Gasteiger partial charge in [-0.25, -0.2) is 4.98 Å². The van der Waals surface area contributed by atoms with Gasteiger partial charge >= 0.3 is 0 Å². The molecule has 2 aromatic rings. The van der Waals surface area contributed by atoms with Gasteiger partial charge in [0, 0.05) is 0 Å². The number of aromatic amines is 1. The number of imidazole rings is 1. The van der Waals surface area contributed by atoms with E-state index in [9.17, 15) is 4.79 Å². The van der Waals surface area contributed by atoms with E-state index in [2.05, 4.69) is 28.8 Å². The van der Waals surface area contributed by atoms with Crippen molar-refractivity contribution in [1.82, 2.24) is 19.5 Å². The van der Waals surface area contributed by atoms with E-state index in [0.29, 0.717) is 18.9 Å². The summed E-state index contributed by atoms with van der Waals surface area (Å²) in [6, 6.07) is 0. The fourth-order valence-corrected chi connectivity index (χ4v) is 2.17. The maximum absolute atomic E-state index is 11.8. The number of nitrogens with zero attached hydrogens (tertiary/aromatic N) is 3. The van der Waals surface area contributed by atoms with Gasteiger partial charge in [0.25, 0.3) is 5.56 Å². The highest BCUT2D eigenvalue weighted by molar-refractivity contribution is 5.70. The van der Waals surface area contributed by atoms with Crippen molar-refractivity contribution in [2.45, 2.75) is 65.6 Å². The molecule has 146 valence electrons. The van der Waals surface area contributed by atoms with E-state index in [1.807, 2.05) is 13.8 Å². The number of ether oxygens (including phenoxy) is 3. The minimum absolute atomic E-state index is 0.0426. The second kappa shape index (κ2) is 9.65. The van der Waals surface area contributed by atoms with Gasteiger partial charge in [0.2, 0.25) is 5.95 Å². The minimum atomic E-state index is -0.372. The molecule has 0 aliphatic carbocycles. The van der Waals surface area contributed by atoms with E-state index in [1.54, 1.807) is 4.57 Å². The quantitative estimate of drug-likeness (QED) is 0.620. The molecule has 0 aliphatic rings. The van der Waals surface area contributed by atoms with E-state index in [-0.39, 0.29) is 42.1 Å². The van der Waals surface area contributed by atoms with Crippen LogP contribution in [-0.2, 0) is 20.9 Å². The molecular weight excluding hydrogens is 338 g/mol. The highest BCUT2D eigenvalue weighted by atomic mass is 16.6. The lowest BCUT2D eigenvalue weighted by molar-refractivity contribution is -0.103. The van der Waals surface area contributed by atoms with Crippen molar-refractivity contribution in [3.63, 3.8) is 0 Å². The summed E-state index contributed by atoms with van der Waals surface area (Å²) < 4.78 is 19.2. The first kappa shape index (κ1) is 20.3. The molecule has 0 radical (unpaired) electrons. The molecule has 26 heavy (non-hydrogen) atoms. The molecule has 0 aliphatic heterocycles. The van der Waals surface area contributed by atoms with E-state index < -0.39 is 0 Å². The van der Waals surface area contributed by atoms with Crippen LogP contribution in [0.25, 0.3) is 11.2 Å². The molecule has 0 saturated carbocycles. The van der Waals surface area contributed by atoms with E-state index in [0.717, 1.165) is 12.8 Å². The molecule has 2 atom stereocenters. The van der Waals surface area contributed by atoms with Gasteiger partial charge in [-0.15, -0.1) is 0 Å². The number of nitrogens with one attached hydrogen (secondary N) is 1. The van der Waals surface area contributed by atoms with Crippen LogP contribution in [0.2, 0.25) is 0 Å². The summed E-state index contributed by atoms with van der Waals surface area (Å²) >= 11 is 0. The monoisotopic (exact) mass is 367 g/mol. The molecule has 0 spiro atoms. The normalized spacial score (nSPS) is 15.2. The fourth-order valence-electron chi connectivity index (χ4n) is 2.17. The van der Waals surface area contributed by atoms with Crippen molar-refractivity contribution >= 4 is 17.1 Å². The Labute approximate surface area is 152 Å². The van der Waals surface area contributed by atoms with Gasteiger partial charge in [0.1, 0.15) is 12.8 Å². The average molecular weight is 367 g/mol. The number of nitrogens with two attached hydrogens (primary N) is 1. The first-order chi connectivity index (χ1) is 12.4. The summed E-state index contributed by atoms with van der Waals surface area (Å²) in [5, 5.41) is 0. The molecule has 3 N–H and O–H groups in total. The molecule has 0 fully saturated rings. The van der Waals surface area contributed by atoms with Crippen LogP contribution in [0.3, 0.4) is 0 Å². The molecule has 0 amide bonds.